The number of carboxylic acid groups (broad SMARTS) is 1. The van der Waals surface area contributed by atoms with Gasteiger partial charge in [-0.1, -0.05) is 66.6 Å². The second-order valence-corrected chi connectivity index (χ2v) is 5.54. The molecule has 0 aromatic heterocycles. The number of terminal acetylenes is 1. The first kappa shape index (κ1) is 16.3. The van der Waals surface area contributed by atoms with E-state index in [1.807, 2.05) is 0 Å². The third-order valence-electron chi connectivity index (χ3n) is 3.93. The number of hydrogen-bond acceptors (Lipinski definition) is 1. The van der Waals surface area contributed by atoms with Crippen LogP contribution < -0.4 is 0 Å². The molecule has 0 radical (unpaired) electrons. The van der Waals surface area contributed by atoms with Gasteiger partial charge in [0.1, 0.15) is 0 Å². The molecule has 0 aliphatic carbocycles. The van der Waals surface area contributed by atoms with E-state index in [2.05, 4.69) is 66.6 Å². The second kappa shape index (κ2) is 7.33. The highest BCUT2D eigenvalue weighted by Gasteiger charge is 2.05. The molecule has 4 rings (SSSR count). The summed E-state index contributed by atoms with van der Waals surface area (Å²) in [5.74, 6) is 1.31. The maximum Gasteiger partial charge on any atom is 0.336 e. The molecule has 4 aromatic carbocycles. The molecule has 0 bridgehead atoms. The van der Waals surface area contributed by atoms with Gasteiger partial charge in [0.05, 0.1) is 5.56 Å². The van der Waals surface area contributed by atoms with Crippen LogP contribution in [0, 0.1) is 12.3 Å². The van der Waals surface area contributed by atoms with E-state index in [0.717, 1.165) is 0 Å². The number of aromatic carboxylic acids is 1. The van der Waals surface area contributed by atoms with E-state index in [0.29, 0.717) is 5.56 Å². The van der Waals surface area contributed by atoms with Gasteiger partial charge >= 0.3 is 5.97 Å². The predicted molar refractivity (Wildman–Crippen MR) is 103 cm³/mol. The van der Waals surface area contributed by atoms with Gasteiger partial charge in [-0.05, 0) is 45.8 Å². The van der Waals surface area contributed by atoms with Gasteiger partial charge in [-0.2, -0.15) is 0 Å². The highest BCUT2D eigenvalue weighted by Crippen LogP contribution is 2.22. The highest BCUT2D eigenvalue weighted by atomic mass is 16.4. The lowest BCUT2D eigenvalue weighted by Gasteiger charge is -2.00. The molecule has 2 heteroatoms. The van der Waals surface area contributed by atoms with E-state index in [1.165, 1.54) is 27.6 Å². The van der Waals surface area contributed by atoms with E-state index >= 15 is 0 Å². The molecular weight excluding hydrogens is 308 g/mol. The van der Waals surface area contributed by atoms with Crippen LogP contribution in [0.1, 0.15) is 15.9 Å². The summed E-state index contributed by atoms with van der Waals surface area (Å²) in [7, 11) is 0. The third kappa shape index (κ3) is 3.68. The van der Waals surface area contributed by atoms with Crippen molar-refractivity contribution in [2.24, 2.45) is 0 Å². The Hall–Kier alpha value is -3.57. The van der Waals surface area contributed by atoms with E-state index < -0.39 is 5.97 Å². The minimum Gasteiger partial charge on any atom is -0.478 e. The van der Waals surface area contributed by atoms with Gasteiger partial charge in [0.2, 0.25) is 0 Å². The lowest BCUT2D eigenvalue weighted by molar-refractivity contribution is 0.0696. The Labute approximate surface area is 146 Å². The first-order valence-electron chi connectivity index (χ1n) is 7.85. The number of benzene rings is 4. The topological polar surface area (TPSA) is 37.3 Å². The molecule has 0 saturated carbocycles. The molecule has 0 saturated heterocycles. The van der Waals surface area contributed by atoms with Crippen molar-refractivity contribution in [3.8, 4) is 12.3 Å². The molecule has 0 unspecified atom stereocenters. The molecule has 25 heavy (non-hydrogen) atoms. The van der Waals surface area contributed by atoms with Crippen molar-refractivity contribution in [2.45, 2.75) is 0 Å². The van der Waals surface area contributed by atoms with Gasteiger partial charge in [-0.25, -0.2) is 4.79 Å². The quantitative estimate of drug-likeness (QED) is 0.378. The van der Waals surface area contributed by atoms with Crippen LogP contribution in [-0.2, 0) is 0 Å². The molecule has 0 fully saturated rings. The molecular formula is C23H16O2. The average Bonchev–Trinajstić information content (AvgIpc) is 2.66. The Morgan fingerprint density at radius 1 is 0.720 bits per heavy atom. The Balaban J connectivity index is 0.000000151. The van der Waals surface area contributed by atoms with Crippen LogP contribution in [0.3, 0.4) is 0 Å². The fraction of sp³-hybridized carbons (Fsp3) is 0. The van der Waals surface area contributed by atoms with Crippen LogP contribution in [0.2, 0.25) is 0 Å². The summed E-state index contributed by atoms with van der Waals surface area (Å²) in [6, 6.07) is 27.9. The maximum atomic E-state index is 10.5. The molecule has 120 valence electrons. The summed E-state index contributed by atoms with van der Waals surface area (Å²) in [6.45, 7) is 0. The Morgan fingerprint density at radius 2 is 1.12 bits per heavy atom. The molecule has 0 atom stereocenters. The maximum absolute atomic E-state index is 10.5. The predicted octanol–water partition coefficient (Wildman–Crippen LogP) is 5.36. The van der Waals surface area contributed by atoms with Gasteiger partial charge in [-0.15, -0.1) is 6.42 Å². The number of carboxylic acids is 1. The van der Waals surface area contributed by atoms with Crippen LogP contribution in [0.15, 0.2) is 84.9 Å². The normalized spacial score (nSPS) is 9.88. The largest absolute Gasteiger partial charge is 0.478 e. The monoisotopic (exact) mass is 324 g/mol. The second-order valence-electron chi connectivity index (χ2n) is 5.54. The van der Waals surface area contributed by atoms with Crippen molar-refractivity contribution in [1.82, 2.24) is 0 Å². The van der Waals surface area contributed by atoms with E-state index in [-0.39, 0.29) is 5.56 Å². The average molecular weight is 324 g/mol. The zero-order valence-corrected chi connectivity index (χ0v) is 13.5. The summed E-state index contributed by atoms with van der Waals surface area (Å²) in [5, 5.41) is 13.8. The lowest BCUT2D eigenvalue weighted by atomic mass is 10.0. The number of fused-ring (bicyclic) bond motifs is 2. The first-order valence-corrected chi connectivity index (χ1v) is 7.85. The zero-order chi connectivity index (χ0) is 17.6. The summed E-state index contributed by atoms with van der Waals surface area (Å²) in [5.41, 5.74) is 0.593. The lowest BCUT2D eigenvalue weighted by Crippen LogP contribution is -1.98. The van der Waals surface area contributed by atoms with Crippen LogP contribution >= 0.6 is 0 Å². The van der Waals surface area contributed by atoms with Crippen molar-refractivity contribution in [3.05, 3.63) is 96.1 Å². The SMILES string of the molecule is C#Cc1ccccc1C(=O)O.c1ccc2cc3ccccc3cc2c1. The number of hydrogen-bond donors (Lipinski definition) is 1. The molecule has 0 heterocycles. The number of rotatable bonds is 1. The molecule has 0 aliphatic rings. The van der Waals surface area contributed by atoms with Crippen molar-refractivity contribution in [1.29, 1.82) is 0 Å². The van der Waals surface area contributed by atoms with Crippen LogP contribution in [0.4, 0.5) is 0 Å². The van der Waals surface area contributed by atoms with Gasteiger partial charge in [0.15, 0.2) is 0 Å². The molecule has 2 nitrogen and oxygen atoms in total. The molecule has 1 N–H and O–H groups in total. The van der Waals surface area contributed by atoms with Crippen molar-refractivity contribution in [2.75, 3.05) is 0 Å². The molecule has 0 spiro atoms. The Kier molecular flexibility index (Phi) is 4.78. The van der Waals surface area contributed by atoms with E-state index in [9.17, 15) is 4.79 Å². The van der Waals surface area contributed by atoms with Gasteiger partial charge in [0, 0.05) is 5.56 Å². The first-order chi connectivity index (χ1) is 12.2. The highest BCUT2D eigenvalue weighted by molar-refractivity contribution is 5.98. The molecule has 0 amide bonds. The summed E-state index contributed by atoms with van der Waals surface area (Å²) in [4.78, 5) is 10.5. The fourth-order valence-electron chi connectivity index (χ4n) is 2.68. The van der Waals surface area contributed by atoms with Crippen LogP contribution in [0.25, 0.3) is 21.5 Å². The standard InChI is InChI=1S/C14H10.C9H6O2/c1-2-6-12-10-14-8-4-3-7-13(14)9-11(12)5-1;1-2-7-5-3-4-6-8(7)9(10)11/h1-10H;1,3-6H,(H,10,11). The van der Waals surface area contributed by atoms with Crippen molar-refractivity contribution in [3.63, 3.8) is 0 Å². The minimum absolute atomic E-state index is 0.176. The zero-order valence-electron chi connectivity index (χ0n) is 13.5. The van der Waals surface area contributed by atoms with Crippen molar-refractivity contribution >= 4 is 27.5 Å². The molecule has 0 aliphatic heterocycles. The minimum atomic E-state index is -0.987. The van der Waals surface area contributed by atoms with Crippen molar-refractivity contribution < 1.29 is 9.90 Å². The third-order valence-corrected chi connectivity index (χ3v) is 3.93. The molecule has 4 aromatic rings. The summed E-state index contributed by atoms with van der Waals surface area (Å²) in [6.07, 6.45) is 5.08. The van der Waals surface area contributed by atoms with Gasteiger partial charge in [-0.3, -0.25) is 0 Å². The van der Waals surface area contributed by atoms with Crippen LogP contribution in [-0.4, -0.2) is 11.1 Å². The van der Waals surface area contributed by atoms with E-state index in [4.69, 9.17) is 11.5 Å². The smallest absolute Gasteiger partial charge is 0.336 e. The van der Waals surface area contributed by atoms with Crippen LogP contribution in [0.5, 0.6) is 0 Å². The van der Waals surface area contributed by atoms with Gasteiger partial charge < -0.3 is 5.11 Å². The Bertz CT molecular complexity index is 983. The summed E-state index contributed by atoms with van der Waals surface area (Å²) < 4.78 is 0. The Morgan fingerprint density at radius 3 is 1.48 bits per heavy atom. The fourth-order valence-corrected chi connectivity index (χ4v) is 2.68. The summed E-state index contributed by atoms with van der Waals surface area (Å²) >= 11 is 0. The van der Waals surface area contributed by atoms with Gasteiger partial charge in [0.25, 0.3) is 0 Å². The number of carbonyl (C=O) groups is 1. The van der Waals surface area contributed by atoms with E-state index in [1.54, 1.807) is 18.2 Å².